The lowest BCUT2D eigenvalue weighted by Crippen LogP contribution is -2.56. The Morgan fingerprint density at radius 2 is 1.94 bits per heavy atom. The molecule has 0 saturated carbocycles. The summed E-state index contributed by atoms with van der Waals surface area (Å²) in [5, 5.41) is 0. The van der Waals surface area contributed by atoms with Gasteiger partial charge in [-0.25, -0.2) is 18.4 Å². The molecular weight excluding hydrogens is 431 g/mol. The molecule has 0 radical (unpaired) electrons. The molecule has 0 unspecified atom stereocenters. The summed E-state index contributed by atoms with van der Waals surface area (Å²) < 4.78 is 63.6. The van der Waals surface area contributed by atoms with E-state index in [9.17, 15) is 21.6 Å². The number of sulfone groups is 1. The van der Waals surface area contributed by atoms with Crippen LogP contribution in [0.4, 0.5) is 24.8 Å². The largest absolute Gasteiger partial charge is 0.433 e. The van der Waals surface area contributed by atoms with Gasteiger partial charge in [-0.3, -0.25) is 0 Å². The standard InChI is InChI=1S/C20H26F3N5O2S/c1-13(2)16-12-27(15-5-4-14(11-24)17(10-15)31(3,29)30)8-9-28(16)19-25-7-6-18(26-19)20(21,22)23/h4-7,10,13,16H,8-9,11-12,24H2,1-3H3/t16-/m0/s1. The number of anilines is 2. The van der Waals surface area contributed by atoms with Crippen LogP contribution in [-0.2, 0) is 22.6 Å². The number of hydrogen-bond donors (Lipinski definition) is 1. The minimum Gasteiger partial charge on any atom is -0.368 e. The fourth-order valence-corrected chi connectivity index (χ4v) is 4.72. The fraction of sp³-hybridized carbons (Fsp3) is 0.500. The number of alkyl halides is 3. The van der Waals surface area contributed by atoms with Gasteiger partial charge >= 0.3 is 6.18 Å². The van der Waals surface area contributed by atoms with E-state index in [0.29, 0.717) is 25.2 Å². The SMILES string of the molecule is CC(C)[C@@H]1CN(c2ccc(CN)c(S(C)(=O)=O)c2)CCN1c1nccc(C(F)(F)F)n1. The van der Waals surface area contributed by atoms with Crippen LogP contribution in [0.15, 0.2) is 35.4 Å². The second-order valence-electron chi connectivity index (χ2n) is 7.96. The summed E-state index contributed by atoms with van der Waals surface area (Å²) in [6.07, 6.45) is -2.27. The molecule has 2 aromatic rings. The topological polar surface area (TPSA) is 92.4 Å². The molecule has 1 aromatic carbocycles. The summed E-state index contributed by atoms with van der Waals surface area (Å²) in [7, 11) is -3.45. The first kappa shape index (κ1) is 23.3. The fourth-order valence-electron chi connectivity index (χ4n) is 3.76. The first-order chi connectivity index (χ1) is 14.4. The Hall–Kier alpha value is -2.40. The molecule has 1 fully saturated rings. The van der Waals surface area contributed by atoms with Crippen molar-refractivity contribution in [2.24, 2.45) is 11.7 Å². The zero-order chi connectivity index (χ0) is 23.0. The number of benzene rings is 1. The van der Waals surface area contributed by atoms with Gasteiger partial charge in [0.05, 0.1) is 10.9 Å². The second-order valence-corrected chi connectivity index (χ2v) is 9.94. The van der Waals surface area contributed by atoms with E-state index in [0.717, 1.165) is 24.2 Å². The molecule has 2 heterocycles. The van der Waals surface area contributed by atoms with E-state index in [1.54, 1.807) is 17.0 Å². The van der Waals surface area contributed by atoms with Crippen LogP contribution in [0, 0.1) is 5.92 Å². The minimum atomic E-state index is -4.54. The van der Waals surface area contributed by atoms with Crippen molar-refractivity contribution < 1.29 is 21.6 Å². The summed E-state index contributed by atoms with van der Waals surface area (Å²) in [4.78, 5) is 11.8. The zero-order valence-corrected chi connectivity index (χ0v) is 18.4. The van der Waals surface area contributed by atoms with Crippen molar-refractivity contribution in [2.45, 2.75) is 37.5 Å². The van der Waals surface area contributed by atoms with Crippen molar-refractivity contribution >= 4 is 21.5 Å². The molecule has 3 rings (SSSR count). The number of halogens is 3. The van der Waals surface area contributed by atoms with Crippen molar-refractivity contribution in [3.05, 3.63) is 41.7 Å². The Balaban J connectivity index is 1.91. The van der Waals surface area contributed by atoms with E-state index >= 15 is 0 Å². The van der Waals surface area contributed by atoms with Crippen LogP contribution in [0.5, 0.6) is 0 Å². The second kappa shape index (κ2) is 8.62. The quantitative estimate of drug-likeness (QED) is 0.738. The number of rotatable bonds is 5. The maximum absolute atomic E-state index is 13.1. The molecule has 31 heavy (non-hydrogen) atoms. The van der Waals surface area contributed by atoms with Gasteiger partial charge in [-0.2, -0.15) is 13.2 Å². The predicted octanol–water partition coefficient (Wildman–Crippen LogP) is 2.71. The Kier molecular flexibility index (Phi) is 6.47. The smallest absolute Gasteiger partial charge is 0.368 e. The summed E-state index contributed by atoms with van der Waals surface area (Å²) >= 11 is 0. The molecule has 2 N–H and O–H groups in total. The van der Waals surface area contributed by atoms with Crippen LogP contribution in [0.3, 0.4) is 0 Å². The normalized spacial score (nSPS) is 18.0. The molecule has 1 aliphatic rings. The van der Waals surface area contributed by atoms with Crippen molar-refractivity contribution in [2.75, 3.05) is 35.7 Å². The molecule has 0 bridgehead atoms. The highest BCUT2D eigenvalue weighted by Crippen LogP contribution is 2.31. The van der Waals surface area contributed by atoms with Gasteiger partial charge in [0.1, 0.15) is 5.69 Å². The molecule has 1 atom stereocenters. The summed E-state index contributed by atoms with van der Waals surface area (Å²) in [6, 6.07) is 5.85. The van der Waals surface area contributed by atoms with Gasteiger partial charge in [0, 0.05) is 44.3 Å². The first-order valence-electron chi connectivity index (χ1n) is 9.86. The first-order valence-corrected chi connectivity index (χ1v) is 11.8. The third-order valence-electron chi connectivity index (χ3n) is 5.41. The Morgan fingerprint density at radius 1 is 1.23 bits per heavy atom. The lowest BCUT2D eigenvalue weighted by molar-refractivity contribution is -0.141. The van der Waals surface area contributed by atoms with Gasteiger partial charge in [0.2, 0.25) is 5.95 Å². The molecule has 0 spiro atoms. The van der Waals surface area contributed by atoms with Crippen LogP contribution in [0.1, 0.15) is 25.1 Å². The van der Waals surface area contributed by atoms with Crippen LogP contribution in [-0.4, -0.2) is 50.3 Å². The van der Waals surface area contributed by atoms with Gasteiger partial charge in [0.25, 0.3) is 0 Å². The van der Waals surface area contributed by atoms with Crippen LogP contribution in [0.25, 0.3) is 0 Å². The number of nitrogens with two attached hydrogens (primary N) is 1. The number of hydrogen-bond acceptors (Lipinski definition) is 7. The molecule has 0 aliphatic carbocycles. The third kappa shape index (κ3) is 5.09. The Morgan fingerprint density at radius 3 is 2.52 bits per heavy atom. The average Bonchev–Trinajstić information content (AvgIpc) is 2.71. The maximum Gasteiger partial charge on any atom is 0.433 e. The lowest BCUT2D eigenvalue weighted by atomic mass is 9.99. The monoisotopic (exact) mass is 457 g/mol. The summed E-state index contributed by atoms with van der Waals surface area (Å²) in [6.45, 7) is 5.44. The molecule has 1 aromatic heterocycles. The van der Waals surface area contributed by atoms with Gasteiger partial charge < -0.3 is 15.5 Å². The predicted molar refractivity (Wildman–Crippen MR) is 113 cm³/mol. The summed E-state index contributed by atoms with van der Waals surface area (Å²) in [5.74, 6) is 0.141. The van der Waals surface area contributed by atoms with Crippen molar-refractivity contribution in [3.8, 4) is 0 Å². The highest BCUT2D eigenvalue weighted by atomic mass is 32.2. The van der Waals surface area contributed by atoms with E-state index < -0.39 is 21.7 Å². The van der Waals surface area contributed by atoms with E-state index in [1.807, 2.05) is 24.8 Å². The number of aromatic nitrogens is 2. The average molecular weight is 458 g/mol. The van der Waals surface area contributed by atoms with Gasteiger partial charge in [-0.15, -0.1) is 0 Å². The third-order valence-corrected chi connectivity index (χ3v) is 6.59. The molecule has 0 amide bonds. The van der Waals surface area contributed by atoms with Crippen LogP contribution >= 0.6 is 0 Å². The molecule has 7 nitrogen and oxygen atoms in total. The Labute approximate surface area is 180 Å². The van der Waals surface area contributed by atoms with Crippen molar-refractivity contribution in [3.63, 3.8) is 0 Å². The molecule has 170 valence electrons. The zero-order valence-electron chi connectivity index (χ0n) is 17.6. The molecule has 1 saturated heterocycles. The molecule has 11 heteroatoms. The lowest BCUT2D eigenvalue weighted by Gasteiger charge is -2.44. The van der Waals surface area contributed by atoms with Crippen molar-refractivity contribution in [1.82, 2.24) is 9.97 Å². The van der Waals surface area contributed by atoms with Gasteiger partial charge in [0.15, 0.2) is 9.84 Å². The minimum absolute atomic E-state index is 0.0449. The van der Waals surface area contributed by atoms with E-state index in [2.05, 4.69) is 9.97 Å². The van der Waals surface area contributed by atoms with Crippen LogP contribution in [0.2, 0.25) is 0 Å². The maximum atomic E-state index is 13.1. The van der Waals surface area contributed by atoms with E-state index in [-0.39, 0.29) is 29.3 Å². The van der Waals surface area contributed by atoms with Crippen LogP contribution < -0.4 is 15.5 Å². The number of piperazine rings is 1. The van der Waals surface area contributed by atoms with Gasteiger partial charge in [-0.1, -0.05) is 19.9 Å². The molecular formula is C20H26F3N5O2S. The van der Waals surface area contributed by atoms with Gasteiger partial charge in [-0.05, 0) is 29.7 Å². The summed E-state index contributed by atoms with van der Waals surface area (Å²) in [5.41, 5.74) is 5.98. The van der Waals surface area contributed by atoms with E-state index in [1.165, 1.54) is 0 Å². The Bertz CT molecular complexity index is 1040. The highest BCUT2D eigenvalue weighted by molar-refractivity contribution is 7.90. The van der Waals surface area contributed by atoms with E-state index in [4.69, 9.17) is 5.73 Å². The van der Waals surface area contributed by atoms with Crippen molar-refractivity contribution in [1.29, 1.82) is 0 Å². The highest BCUT2D eigenvalue weighted by Gasteiger charge is 2.36. The number of nitrogens with zero attached hydrogens (tertiary/aromatic N) is 4. The molecule has 1 aliphatic heterocycles.